The predicted molar refractivity (Wildman–Crippen MR) is 65.1 cm³/mol. The van der Waals surface area contributed by atoms with Crippen LogP contribution in [0.4, 0.5) is 11.5 Å². The monoisotopic (exact) mass is 238 g/mol. The second-order valence-corrected chi connectivity index (χ2v) is 4.51. The highest BCUT2D eigenvalue weighted by atomic mass is 16.6. The lowest BCUT2D eigenvalue weighted by atomic mass is 10.3. The molecule has 0 aromatic carbocycles. The Kier molecular flexibility index (Phi) is 3.04. The second-order valence-electron chi connectivity index (χ2n) is 4.51. The Morgan fingerprint density at radius 3 is 2.76 bits per heavy atom. The molecular formula is C11H18N4O2. The van der Waals surface area contributed by atoms with Crippen LogP contribution in [0.25, 0.3) is 0 Å². The van der Waals surface area contributed by atoms with Crippen LogP contribution < -0.4 is 5.32 Å². The summed E-state index contributed by atoms with van der Waals surface area (Å²) in [5.41, 5.74) is 0.599. The number of nitro groups is 1. The van der Waals surface area contributed by atoms with Crippen molar-refractivity contribution in [1.82, 2.24) is 9.78 Å². The van der Waals surface area contributed by atoms with E-state index in [2.05, 4.69) is 17.3 Å². The molecule has 0 saturated heterocycles. The van der Waals surface area contributed by atoms with Gasteiger partial charge in [-0.2, -0.15) is 5.10 Å². The Balaban J connectivity index is 2.27. The smallest absolute Gasteiger partial charge is 0.333 e. The first kappa shape index (κ1) is 11.9. The lowest BCUT2D eigenvalue weighted by molar-refractivity contribution is -0.384. The third kappa shape index (κ3) is 2.11. The van der Waals surface area contributed by atoms with Gasteiger partial charge < -0.3 is 5.32 Å². The third-order valence-electron chi connectivity index (χ3n) is 3.35. The summed E-state index contributed by atoms with van der Waals surface area (Å²) in [5, 5.41) is 18.5. The number of hydrogen-bond acceptors (Lipinski definition) is 4. The molecule has 1 aromatic heterocycles. The fraction of sp³-hybridized carbons (Fsp3) is 0.727. The molecule has 2 atom stereocenters. The summed E-state index contributed by atoms with van der Waals surface area (Å²) in [4.78, 5) is 10.7. The van der Waals surface area contributed by atoms with Crippen molar-refractivity contribution in [2.45, 2.75) is 46.2 Å². The number of aryl methyl sites for hydroxylation is 2. The van der Waals surface area contributed by atoms with E-state index in [1.807, 2.05) is 6.92 Å². The summed E-state index contributed by atoms with van der Waals surface area (Å²) >= 11 is 0. The predicted octanol–water partition coefficient (Wildman–Crippen LogP) is 2.33. The molecule has 6 nitrogen and oxygen atoms in total. The Bertz CT molecular complexity index is 441. The van der Waals surface area contributed by atoms with E-state index in [4.69, 9.17) is 0 Å². The van der Waals surface area contributed by atoms with Gasteiger partial charge in [-0.25, -0.2) is 4.68 Å². The van der Waals surface area contributed by atoms with Crippen LogP contribution in [0.2, 0.25) is 0 Å². The van der Waals surface area contributed by atoms with Gasteiger partial charge in [0.25, 0.3) is 0 Å². The minimum absolute atomic E-state index is 0.119. The molecule has 1 fully saturated rings. The molecule has 0 spiro atoms. The number of aromatic nitrogens is 2. The van der Waals surface area contributed by atoms with Gasteiger partial charge in [-0.15, -0.1) is 0 Å². The van der Waals surface area contributed by atoms with Gasteiger partial charge in [-0.05, 0) is 26.2 Å². The highest BCUT2D eigenvalue weighted by Crippen LogP contribution is 2.39. The summed E-state index contributed by atoms with van der Waals surface area (Å²) in [5.74, 6) is 1.21. The molecule has 1 aromatic rings. The zero-order chi connectivity index (χ0) is 12.6. The zero-order valence-electron chi connectivity index (χ0n) is 10.4. The highest BCUT2D eigenvalue weighted by Gasteiger charge is 2.38. The molecule has 94 valence electrons. The standard InChI is InChI=1S/C11H18N4O2/c1-4-8-6-9(8)12-11-10(15(16)17)7(3)13-14(11)5-2/h8-9,12H,4-6H2,1-3H3. The number of rotatable bonds is 5. The third-order valence-corrected chi connectivity index (χ3v) is 3.35. The fourth-order valence-corrected chi connectivity index (χ4v) is 2.21. The molecule has 1 N–H and O–H groups in total. The van der Waals surface area contributed by atoms with Gasteiger partial charge in [0.2, 0.25) is 5.82 Å². The van der Waals surface area contributed by atoms with Gasteiger partial charge in [-0.1, -0.05) is 13.3 Å². The van der Waals surface area contributed by atoms with Crippen molar-refractivity contribution in [2.75, 3.05) is 5.32 Å². The molecule has 1 aliphatic rings. The summed E-state index contributed by atoms with van der Waals surface area (Å²) < 4.78 is 1.68. The molecule has 1 heterocycles. The lowest BCUT2D eigenvalue weighted by Crippen LogP contribution is -2.11. The van der Waals surface area contributed by atoms with Crippen LogP contribution in [0.15, 0.2) is 0 Å². The first-order valence-corrected chi connectivity index (χ1v) is 6.06. The van der Waals surface area contributed by atoms with E-state index >= 15 is 0 Å². The van der Waals surface area contributed by atoms with Crippen molar-refractivity contribution < 1.29 is 4.92 Å². The molecule has 0 bridgehead atoms. The molecule has 0 radical (unpaired) electrons. The maximum absolute atomic E-state index is 11.0. The van der Waals surface area contributed by atoms with Crippen molar-refractivity contribution in [2.24, 2.45) is 5.92 Å². The SMILES string of the molecule is CCC1CC1Nc1c([N+](=O)[O-])c(C)nn1CC. The van der Waals surface area contributed by atoms with E-state index in [0.29, 0.717) is 30.0 Å². The molecule has 6 heteroatoms. The van der Waals surface area contributed by atoms with Crippen molar-refractivity contribution in [3.05, 3.63) is 15.8 Å². The van der Waals surface area contributed by atoms with E-state index < -0.39 is 0 Å². The number of nitrogens with zero attached hydrogens (tertiary/aromatic N) is 3. The molecule has 0 amide bonds. The molecule has 2 unspecified atom stereocenters. The summed E-state index contributed by atoms with van der Waals surface area (Å²) in [6.07, 6.45) is 2.21. The van der Waals surface area contributed by atoms with Gasteiger partial charge in [0.15, 0.2) is 0 Å². The van der Waals surface area contributed by atoms with Crippen LogP contribution in [-0.4, -0.2) is 20.7 Å². The molecule has 2 rings (SSSR count). The first-order chi connectivity index (χ1) is 8.08. The molecule has 0 aliphatic heterocycles. The number of hydrogen-bond donors (Lipinski definition) is 1. The average Bonchev–Trinajstić information content (AvgIpc) is 2.95. The van der Waals surface area contributed by atoms with Gasteiger partial charge in [0, 0.05) is 12.6 Å². The van der Waals surface area contributed by atoms with E-state index in [1.165, 1.54) is 0 Å². The fourth-order valence-electron chi connectivity index (χ4n) is 2.21. The van der Waals surface area contributed by atoms with E-state index in [9.17, 15) is 10.1 Å². The second kappa shape index (κ2) is 4.35. The van der Waals surface area contributed by atoms with E-state index in [0.717, 1.165) is 12.8 Å². The normalized spacial score (nSPS) is 22.5. The Labute approximate surface area is 100 Å². The first-order valence-electron chi connectivity index (χ1n) is 6.06. The van der Waals surface area contributed by atoms with Crippen molar-refractivity contribution in [3.63, 3.8) is 0 Å². The maximum atomic E-state index is 11.0. The quantitative estimate of drug-likeness (QED) is 0.631. The van der Waals surface area contributed by atoms with Crippen LogP contribution in [-0.2, 0) is 6.54 Å². The topological polar surface area (TPSA) is 73.0 Å². The minimum atomic E-state index is -0.347. The van der Waals surface area contributed by atoms with E-state index in [1.54, 1.807) is 11.6 Å². The van der Waals surface area contributed by atoms with Crippen molar-refractivity contribution in [1.29, 1.82) is 0 Å². The molecule has 17 heavy (non-hydrogen) atoms. The van der Waals surface area contributed by atoms with Crippen molar-refractivity contribution in [3.8, 4) is 0 Å². The average molecular weight is 238 g/mol. The van der Waals surface area contributed by atoms with Gasteiger partial charge in [0.1, 0.15) is 5.69 Å². The highest BCUT2D eigenvalue weighted by molar-refractivity contribution is 5.60. The maximum Gasteiger partial charge on any atom is 0.333 e. The summed E-state index contributed by atoms with van der Waals surface area (Å²) in [6, 6.07) is 0.375. The zero-order valence-corrected chi connectivity index (χ0v) is 10.4. The van der Waals surface area contributed by atoms with Crippen molar-refractivity contribution >= 4 is 11.5 Å². The van der Waals surface area contributed by atoms with Crippen LogP contribution in [0, 0.1) is 23.0 Å². The lowest BCUT2D eigenvalue weighted by Gasteiger charge is -2.06. The van der Waals surface area contributed by atoms with Crippen LogP contribution in [0.1, 0.15) is 32.4 Å². The Morgan fingerprint density at radius 1 is 1.59 bits per heavy atom. The van der Waals surface area contributed by atoms with Crippen LogP contribution >= 0.6 is 0 Å². The Hall–Kier alpha value is -1.59. The van der Waals surface area contributed by atoms with Crippen LogP contribution in [0.3, 0.4) is 0 Å². The number of nitrogens with one attached hydrogen (secondary N) is 1. The van der Waals surface area contributed by atoms with Gasteiger partial charge in [-0.3, -0.25) is 10.1 Å². The molecule has 1 saturated carbocycles. The van der Waals surface area contributed by atoms with Gasteiger partial charge >= 0.3 is 5.69 Å². The summed E-state index contributed by atoms with van der Waals surface area (Å²) in [7, 11) is 0. The van der Waals surface area contributed by atoms with E-state index in [-0.39, 0.29) is 10.6 Å². The van der Waals surface area contributed by atoms with Crippen LogP contribution in [0.5, 0.6) is 0 Å². The molecular weight excluding hydrogens is 220 g/mol. The summed E-state index contributed by atoms with van der Waals surface area (Å²) in [6.45, 7) is 6.40. The molecule has 1 aliphatic carbocycles. The minimum Gasteiger partial charge on any atom is -0.362 e. The van der Waals surface area contributed by atoms with Gasteiger partial charge in [0.05, 0.1) is 4.92 Å². The number of anilines is 1. The Morgan fingerprint density at radius 2 is 2.29 bits per heavy atom. The largest absolute Gasteiger partial charge is 0.362 e.